The van der Waals surface area contributed by atoms with Crippen molar-refractivity contribution < 1.29 is 27.5 Å². The van der Waals surface area contributed by atoms with E-state index in [9.17, 15) is 22.8 Å². The molecule has 1 fully saturated rings. The molecular formula is C21H22ClF3N4O3. The average Bonchev–Trinajstić information content (AvgIpc) is 2.74. The first kappa shape index (κ1) is 23.6. The molecule has 0 radical (unpaired) electrons. The van der Waals surface area contributed by atoms with Gasteiger partial charge in [0, 0.05) is 25.2 Å². The number of carbonyl (C=O) groups is 2. The zero-order valence-electron chi connectivity index (χ0n) is 17.0. The van der Waals surface area contributed by atoms with Crippen LogP contribution >= 0.6 is 11.6 Å². The highest BCUT2D eigenvalue weighted by Crippen LogP contribution is 2.35. The van der Waals surface area contributed by atoms with Gasteiger partial charge in [-0.25, -0.2) is 4.98 Å². The number of rotatable bonds is 7. The summed E-state index contributed by atoms with van der Waals surface area (Å²) in [6, 6.07) is 7.72. The molecule has 3 rings (SSSR count). The third-order valence-electron chi connectivity index (χ3n) is 5.07. The number of benzene rings is 1. The molecule has 0 spiro atoms. The number of nitrogens with one attached hydrogen (secondary N) is 1. The average molecular weight is 471 g/mol. The highest BCUT2D eigenvalue weighted by molar-refractivity contribution is 6.33. The predicted molar refractivity (Wildman–Crippen MR) is 114 cm³/mol. The highest BCUT2D eigenvalue weighted by atomic mass is 35.5. The van der Waals surface area contributed by atoms with Gasteiger partial charge in [-0.2, -0.15) is 13.2 Å². The lowest BCUT2D eigenvalue weighted by Crippen LogP contribution is -2.38. The molecular weight excluding hydrogens is 449 g/mol. The lowest BCUT2D eigenvalue weighted by atomic mass is 9.95. The summed E-state index contributed by atoms with van der Waals surface area (Å²) in [7, 11) is 0. The second-order valence-electron chi connectivity index (χ2n) is 7.34. The van der Waals surface area contributed by atoms with Gasteiger partial charge in [-0.3, -0.25) is 9.59 Å². The van der Waals surface area contributed by atoms with Crippen molar-refractivity contribution >= 4 is 34.9 Å². The molecule has 0 saturated carbocycles. The number of amides is 2. The quantitative estimate of drug-likeness (QED) is 0.640. The van der Waals surface area contributed by atoms with Crippen molar-refractivity contribution in [1.82, 2.24) is 4.98 Å². The van der Waals surface area contributed by atoms with Gasteiger partial charge in [0.1, 0.15) is 11.6 Å². The molecule has 2 heterocycles. The third-order valence-corrected chi connectivity index (χ3v) is 5.34. The Labute approximate surface area is 187 Å². The largest absolute Gasteiger partial charge is 0.491 e. The minimum Gasteiger partial charge on any atom is -0.491 e. The van der Waals surface area contributed by atoms with Gasteiger partial charge in [0.2, 0.25) is 11.8 Å². The van der Waals surface area contributed by atoms with Crippen LogP contribution in [0.5, 0.6) is 5.75 Å². The fourth-order valence-electron chi connectivity index (χ4n) is 3.36. The molecule has 1 aliphatic rings. The van der Waals surface area contributed by atoms with Crippen molar-refractivity contribution in [2.24, 2.45) is 11.7 Å². The Kier molecular flexibility index (Phi) is 7.44. The number of primary amides is 1. The standard InChI is InChI=1S/C21H22ClF3N4O3/c22-15-11-14(21(23,24)25)12-27-19(15)29-8-5-13(6-9-29)20(31)28-16-3-1-2-4-17(16)32-10-7-18(26)30/h1-4,11-13H,5-10H2,(H2,26,30)(H,28,31). The zero-order chi connectivity index (χ0) is 23.3. The maximum atomic E-state index is 12.8. The minimum atomic E-state index is -4.51. The zero-order valence-corrected chi connectivity index (χ0v) is 17.7. The summed E-state index contributed by atoms with van der Waals surface area (Å²) >= 11 is 6.03. The maximum Gasteiger partial charge on any atom is 0.417 e. The van der Waals surface area contributed by atoms with Crippen LogP contribution in [0.4, 0.5) is 24.7 Å². The molecule has 2 aromatic rings. The van der Waals surface area contributed by atoms with Crippen LogP contribution in [-0.2, 0) is 15.8 Å². The van der Waals surface area contributed by atoms with Crippen molar-refractivity contribution in [2.45, 2.75) is 25.4 Å². The summed E-state index contributed by atoms with van der Waals surface area (Å²) in [5.41, 5.74) is 4.68. The van der Waals surface area contributed by atoms with E-state index in [0.717, 1.165) is 12.3 Å². The molecule has 0 bridgehead atoms. The molecule has 1 saturated heterocycles. The van der Waals surface area contributed by atoms with E-state index in [-0.39, 0.29) is 35.7 Å². The number of piperidine rings is 1. The van der Waals surface area contributed by atoms with Crippen LogP contribution < -0.4 is 20.7 Å². The smallest absolute Gasteiger partial charge is 0.417 e. The van der Waals surface area contributed by atoms with Gasteiger partial charge in [0.25, 0.3) is 0 Å². The van der Waals surface area contributed by atoms with Gasteiger partial charge < -0.3 is 20.7 Å². The number of hydrogen-bond acceptors (Lipinski definition) is 5. The number of halogens is 4. The predicted octanol–water partition coefficient (Wildman–Crippen LogP) is 3.86. The van der Waals surface area contributed by atoms with Crippen molar-refractivity contribution in [1.29, 1.82) is 0 Å². The molecule has 1 aromatic heterocycles. The Morgan fingerprint density at radius 2 is 1.94 bits per heavy atom. The third kappa shape index (κ3) is 6.03. The number of nitrogens with two attached hydrogens (primary N) is 1. The van der Waals surface area contributed by atoms with Gasteiger partial charge in [-0.05, 0) is 31.0 Å². The fraction of sp³-hybridized carbons (Fsp3) is 0.381. The Bertz CT molecular complexity index is 979. The van der Waals surface area contributed by atoms with Gasteiger partial charge in [0.15, 0.2) is 0 Å². The Morgan fingerprint density at radius 3 is 2.56 bits per heavy atom. The first-order chi connectivity index (χ1) is 15.1. The number of carbonyl (C=O) groups excluding carboxylic acids is 2. The van der Waals surface area contributed by atoms with Crippen molar-refractivity contribution in [3.8, 4) is 5.75 Å². The van der Waals surface area contributed by atoms with Crippen LogP contribution in [0.1, 0.15) is 24.8 Å². The van der Waals surface area contributed by atoms with E-state index in [4.69, 9.17) is 22.1 Å². The molecule has 0 aliphatic carbocycles. The number of para-hydroxylation sites is 2. The van der Waals surface area contributed by atoms with E-state index in [1.165, 1.54) is 0 Å². The monoisotopic (exact) mass is 470 g/mol. The summed E-state index contributed by atoms with van der Waals surface area (Å²) < 4.78 is 44.0. The number of pyridine rings is 1. The fourth-order valence-corrected chi connectivity index (χ4v) is 3.65. The normalized spacial score (nSPS) is 14.8. The SMILES string of the molecule is NC(=O)CCOc1ccccc1NC(=O)C1CCN(c2ncc(C(F)(F)F)cc2Cl)CC1. The highest BCUT2D eigenvalue weighted by Gasteiger charge is 2.33. The van der Waals surface area contributed by atoms with Crippen molar-refractivity contribution in [3.63, 3.8) is 0 Å². The summed E-state index contributed by atoms with van der Waals surface area (Å²) in [4.78, 5) is 29.3. The summed E-state index contributed by atoms with van der Waals surface area (Å²) in [5.74, 6) is -0.270. The van der Waals surface area contributed by atoms with Crippen molar-refractivity contribution in [2.75, 3.05) is 29.9 Å². The Morgan fingerprint density at radius 1 is 1.25 bits per heavy atom. The molecule has 0 unspecified atom stereocenters. The molecule has 32 heavy (non-hydrogen) atoms. The number of alkyl halides is 3. The van der Waals surface area contributed by atoms with Gasteiger partial charge in [-0.15, -0.1) is 0 Å². The maximum absolute atomic E-state index is 12.8. The Balaban J connectivity index is 1.58. The van der Waals surface area contributed by atoms with E-state index < -0.39 is 17.6 Å². The molecule has 0 atom stereocenters. The van der Waals surface area contributed by atoms with Crippen LogP contribution in [0.2, 0.25) is 5.02 Å². The molecule has 7 nitrogen and oxygen atoms in total. The number of nitrogens with zero attached hydrogens (tertiary/aromatic N) is 2. The second-order valence-corrected chi connectivity index (χ2v) is 7.75. The first-order valence-corrected chi connectivity index (χ1v) is 10.3. The number of ether oxygens (including phenoxy) is 1. The van der Waals surface area contributed by atoms with Gasteiger partial charge >= 0.3 is 6.18 Å². The van der Waals surface area contributed by atoms with Crippen LogP contribution in [0, 0.1) is 5.92 Å². The van der Waals surface area contributed by atoms with Crippen LogP contribution in [-0.4, -0.2) is 36.5 Å². The molecule has 172 valence electrons. The Hall–Kier alpha value is -3.01. The topological polar surface area (TPSA) is 97.6 Å². The van der Waals surface area contributed by atoms with Gasteiger partial charge in [0.05, 0.1) is 29.3 Å². The molecule has 11 heteroatoms. The second kappa shape index (κ2) is 10.1. The summed E-state index contributed by atoms with van der Waals surface area (Å²) in [6.45, 7) is 0.946. The summed E-state index contributed by atoms with van der Waals surface area (Å²) in [5, 5.41) is 2.76. The number of hydrogen-bond donors (Lipinski definition) is 2. The lowest BCUT2D eigenvalue weighted by Gasteiger charge is -2.32. The van der Waals surface area contributed by atoms with E-state index in [1.54, 1.807) is 29.2 Å². The van der Waals surface area contributed by atoms with Crippen LogP contribution in [0.15, 0.2) is 36.5 Å². The number of anilines is 2. The van der Waals surface area contributed by atoms with Gasteiger partial charge in [-0.1, -0.05) is 23.7 Å². The molecule has 3 N–H and O–H groups in total. The van der Waals surface area contributed by atoms with E-state index in [0.29, 0.717) is 37.4 Å². The van der Waals surface area contributed by atoms with Crippen LogP contribution in [0.25, 0.3) is 0 Å². The van der Waals surface area contributed by atoms with E-state index in [1.807, 2.05) is 0 Å². The molecule has 1 aromatic carbocycles. The molecule has 2 amide bonds. The van der Waals surface area contributed by atoms with Crippen molar-refractivity contribution in [3.05, 3.63) is 47.1 Å². The van der Waals surface area contributed by atoms with Crippen LogP contribution in [0.3, 0.4) is 0 Å². The van der Waals surface area contributed by atoms with E-state index >= 15 is 0 Å². The van der Waals surface area contributed by atoms with E-state index in [2.05, 4.69) is 10.3 Å². The first-order valence-electron chi connectivity index (χ1n) is 9.94. The summed E-state index contributed by atoms with van der Waals surface area (Å²) in [6.07, 6.45) is -2.73. The molecule has 1 aliphatic heterocycles. The lowest BCUT2D eigenvalue weighted by molar-refractivity contribution is -0.137. The minimum absolute atomic E-state index is 0.0568. The number of aromatic nitrogens is 1.